The van der Waals surface area contributed by atoms with Crippen LogP contribution in [0.25, 0.3) is 0 Å². The molecule has 0 aliphatic rings. The fourth-order valence-corrected chi connectivity index (χ4v) is 2.22. The van der Waals surface area contributed by atoms with Crippen LogP contribution >= 0.6 is 23.2 Å². The molecular weight excluding hydrogens is 355 g/mol. The van der Waals surface area contributed by atoms with Gasteiger partial charge in [-0.2, -0.15) is 0 Å². The zero-order valence-corrected chi connectivity index (χ0v) is 14.1. The maximum absolute atomic E-state index is 12.0. The molecule has 0 spiro atoms. The molecule has 0 radical (unpaired) electrons. The highest BCUT2D eigenvalue weighted by Crippen LogP contribution is 2.28. The molecule has 2 amide bonds. The first kappa shape index (κ1) is 17.9. The Balaban J connectivity index is 1.92. The quantitative estimate of drug-likeness (QED) is 0.724. The number of phenolic OH excluding ortho intramolecular Hbond substituents is 1. The Labute approximate surface area is 148 Å². The van der Waals surface area contributed by atoms with Gasteiger partial charge in [0.05, 0.1) is 10.6 Å². The van der Waals surface area contributed by atoms with E-state index in [9.17, 15) is 14.7 Å². The average Bonchev–Trinajstić information content (AvgIpc) is 2.55. The van der Waals surface area contributed by atoms with Gasteiger partial charge in [0.2, 0.25) is 0 Å². The number of benzene rings is 2. The van der Waals surface area contributed by atoms with Crippen LogP contribution in [0.1, 0.15) is 17.3 Å². The maximum atomic E-state index is 12.0. The number of nitrogens with one attached hydrogen (secondary N) is 2. The first-order valence-corrected chi connectivity index (χ1v) is 7.64. The highest BCUT2D eigenvalue weighted by molar-refractivity contribution is 6.35. The number of hydrogen-bond donors (Lipinski definition) is 3. The lowest BCUT2D eigenvalue weighted by molar-refractivity contribution is -0.128. The normalized spacial score (nSPS) is 11.5. The molecule has 3 N–H and O–H groups in total. The van der Waals surface area contributed by atoms with E-state index in [1.54, 1.807) is 18.2 Å². The summed E-state index contributed by atoms with van der Waals surface area (Å²) in [6.45, 7) is 1.49. The number of ether oxygens (including phenoxy) is 1. The summed E-state index contributed by atoms with van der Waals surface area (Å²) >= 11 is 11.7. The molecule has 0 aromatic heterocycles. The van der Waals surface area contributed by atoms with Gasteiger partial charge in [0.1, 0.15) is 11.5 Å². The Bertz CT molecular complexity index is 767. The molecule has 24 heavy (non-hydrogen) atoms. The first-order valence-electron chi connectivity index (χ1n) is 6.88. The standard InChI is InChI=1S/C16H14Cl2N2O4/c1-9(24-14-7-6-10(17)8-12(14)18)15(22)19-20-16(23)11-4-2-3-5-13(11)21/h2-9,21H,1H3,(H,19,22)(H,20,23)/t9-/m0/s1. The third kappa shape index (κ3) is 4.53. The zero-order chi connectivity index (χ0) is 17.7. The van der Waals surface area contributed by atoms with E-state index in [-0.39, 0.29) is 22.1 Å². The third-order valence-electron chi connectivity index (χ3n) is 3.01. The molecule has 0 saturated carbocycles. The Morgan fingerprint density at radius 1 is 1.12 bits per heavy atom. The number of phenols is 1. The number of aromatic hydroxyl groups is 1. The van der Waals surface area contributed by atoms with E-state index in [0.29, 0.717) is 5.02 Å². The fourth-order valence-electron chi connectivity index (χ4n) is 1.77. The molecule has 0 unspecified atom stereocenters. The number of amides is 2. The topological polar surface area (TPSA) is 87.7 Å². The van der Waals surface area contributed by atoms with Crippen LogP contribution in [0, 0.1) is 0 Å². The van der Waals surface area contributed by atoms with E-state index in [1.165, 1.54) is 31.2 Å². The van der Waals surface area contributed by atoms with Crippen LogP contribution in [0.2, 0.25) is 10.0 Å². The maximum Gasteiger partial charge on any atom is 0.279 e. The summed E-state index contributed by atoms with van der Waals surface area (Å²) in [6, 6.07) is 10.6. The van der Waals surface area contributed by atoms with Crippen molar-refractivity contribution in [3.05, 3.63) is 58.1 Å². The van der Waals surface area contributed by atoms with Crippen LogP contribution in [-0.2, 0) is 4.79 Å². The summed E-state index contributed by atoms with van der Waals surface area (Å²) in [6.07, 6.45) is -0.923. The van der Waals surface area contributed by atoms with Crippen molar-refractivity contribution in [3.63, 3.8) is 0 Å². The average molecular weight is 369 g/mol. The third-order valence-corrected chi connectivity index (χ3v) is 3.55. The summed E-state index contributed by atoms with van der Waals surface area (Å²) in [5.41, 5.74) is 4.45. The van der Waals surface area contributed by atoms with Crippen molar-refractivity contribution >= 4 is 35.0 Å². The molecular formula is C16H14Cl2N2O4. The van der Waals surface area contributed by atoms with Gasteiger partial charge in [0.25, 0.3) is 11.8 Å². The van der Waals surface area contributed by atoms with Crippen molar-refractivity contribution < 1.29 is 19.4 Å². The van der Waals surface area contributed by atoms with Crippen LogP contribution in [0.4, 0.5) is 0 Å². The lowest BCUT2D eigenvalue weighted by Gasteiger charge is -2.16. The molecule has 0 bridgehead atoms. The van der Waals surface area contributed by atoms with Crippen LogP contribution in [-0.4, -0.2) is 23.0 Å². The van der Waals surface area contributed by atoms with Gasteiger partial charge in [0.15, 0.2) is 6.10 Å². The van der Waals surface area contributed by atoms with Crippen molar-refractivity contribution in [1.29, 1.82) is 0 Å². The van der Waals surface area contributed by atoms with E-state index >= 15 is 0 Å². The monoisotopic (exact) mass is 368 g/mol. The van der Waals surface area contributed by atoms with Crippen LogP contribution in [0.15, 0.2) is 42.5 Å². The highest BCUT2D eigenvalue weighted by Gasteiger charge is 2.18. The molecule has 1 atom stereocenters. The molecule has 126 valence electrons. The molecule has 0 aliphatic heterocycles. The number of rotatable bonds is 4. The largest absolute Gasteiger partial charge is 0.507 e. The van der Waals surface area contributed by atoms with Crippen LogP contribution in [0.3, 0.4) is 0 Å². The first-order chi connectivity index (χ1) is 11.4. The Hall–Kier alpha value is -2.44. The van der Waals surface area contributed by atoms with E-state index in [4.69, 9.17) is 27.9 Å². The molecule has 0 heterocycles. The zero-order valence-electron chi connectivity index (χ0n) is 12.5. The van der Waals surface area contributed by atoms with Crippen molar-refractivity contribution in [2.45, 2.75) is 13.0 Å². The smallest absolute Gasteiger partial charge is 0.279 e. The minimum absolute atomic E-state index is 0.0344. The van der Waals surface area contributed by atoms with Crippen molar-refractivity contribution in [3.8, 4) is 11.5 Å². The molecule has 2 aromatic carbocycles. The van der Waals surface area contributed by atoms with E-state index < -0.39 is 17.9 Å². The fraction of sp³-hybridized carbons (Fsp3) is 0.125. The second kappa shape index (κ2) is 7.90. The van der Waals surface area contributed by atoms with Crippen molar-refractivity contribution in [1.82, 2.24) is 10.9 Å². The predicted molar refractivity (Wildman–Crippen MR) is 90.3 cm³/mol. The van der Waals surface area contributed by atoms with E-state index in [2.05, 4.69) is 10.9 Å². The number of halogens is 2. The molecule has 0 saturated heterocycles. The summed E-state index contributed by atoms with van der Waals surface area (Å²) < 4.78 is 5.42. The predicted octanol–water partition coefficient (Wildman–Crippen LogP) is 2.93. The number of hydrogen-bond acceptors (Lipinski definition) is 4. The molecule has 8 heteroatoms. The highest BCUT2D eigenvalue weighted by atomic mass is 35.5. The van der Waals surface area contributed by atoms with Crippen molar-refractivity contribution in [2.75, 3.05) is 0 Å². The van der Waals surface area contributed by atoms with Gasteiger partial charge in [-0.3, -0.25) is 20.4 Å². The Morgan fingerprint density at radius 2 is 1.83 bits per heavy atom. The second-order valence-corrected chi connectivity index (χ2v) is 5.64. The molecule has 0 fully saturated rings. The van der Waals surface area contributed by atoms with Gasteiger partial charge >= 0.3 is 0 Å². The van der Waals surface area contributed by atoms with Gasteiger partial charge in [-0.1, -0.05) is 35.3 Å². The molecule has 2 aromatic rings. The number of carbonyl (C=O) groups is 2. The molecule has 0 aliphatic carbocycles. The molecule has 2 rings (SSSR count). The van der Waals surface area contributed by atoms with E-state index in [0.717, 1.165) is 0 Å². The summed E-state index contributed by atoms with van der Waals surface area (Å²) in [4.78, 5) is 23.8. The summed E-state index contributed by atoms with van der Waals surface area (Å²) in [5, 5.41) is 10.3. The minimum atomic E-state index is -0.923. The SMILES string of the molecule is C[C@H](Oc1ccc(Cl)cc1Cl)C(=O)NNC(=O)c1ccccc1O. The Morgan fingerprint density at radius 3 is 2.50 bits per heavy atom. The van der Waals surface area contributed by atoms with Gasteiger partial charge in [0, 0.05) is 5.02 Å². The lowest BCUT2D eigenvalue weighted by Crippen LogP contribution is -2.47. The summed E-state index contributed by atoms with van der Waals surface area (Å²) in [7, 11) is 0. The van der Waals surface area contributed by atoms with Crippen molar-refractivity contribution in [2.24, 2.45) is 0 Å². The minimum Gasteiger partial charge on any atom is -0.507 e. The number of carbonyl (C=O) groups excluding carboxylic acids is 2. The number of para-hydroxylation sites is 1. The lowest BCUT2D eigenvalue weighted by atomic mass is 10.2. The van der Waals surface area contributed by atoms with E-state index in [1.807, 2.05) is 0 Å². The second-order valence-electron chi connectivity index (χ2n) is 4.80. The van der Waals surface area contributed by atoms with Gasteiger partial charge < -0.3 is 9.84 Å². The van der Waals surface area contributed by atoms with Gasteiger partial charge in [-0.05, 0) is 37.3 Å². The summed E-state index contributed by atoms with van der Waals surface area (Å²) in [5.74, 6) is -1.15. The Kier molecular flexibility index (Phi) is 5.89. The molecule has 6 nitrogen and oxygen atoms in total. The van der Waals surface area contributed by atoms with Gasteiger partial charge in [-0.15, -0.1) is 0 Å². The van der Waals surface area contributed by atoms with Crippen LogP contribution in [0.5, 0.6) is 11.5 Å². The van der Waals surface area contributed by atoms with Crippen LogP contribution < -0.4 is 15.6 Å². The number of hydrazine groups is 1. The van der Waals surface area contributed by atoms with Gasteiger partial charge in [-0.25, -0.2) is 0 Å².